The molecule has 168 valence electrons. The van der Waals surface area contributed by atoms with Gasteiger partial charge in [-0.25, -0.2) is 8.42 Å². The molecule has 1 aromatic rings. The third kappa shape index (κ3) is 6.98. The van der Waals surface area contributed by atoms with Gasteiger partial charge in [0.05, 0.1) is 17.1 Å². The van der Waals surface area contributed by atoms with Crippen molar-refractivity contribution in [1.29, 1.82) is 0 Å². The van der Waals surface area contributed by atoms with Gasteiger partial charge in [0.2, 0.25) is 10.0 Å². The lowest BCUT2D eigenvalue weighted by atomic mass is 9.99. The molecule has 0 spiro atoms. The van der Waals surface area contributed by atoms with Crippen molar-refractivity contribution in [3.05, 3.63) is 29.8 Å². The Morgan fingerprint density at radius 2 is 1.80 bits per heavy atom. The molecule has 1 aromatic carbocycles. The molecule has 1 heterocycles. The first-order valence-corrected chi connectivity index (χ1v) is 11.5. The van der Waals surface area contributed by atoms with Crippen LogP contribution in [0.3, 0.4) is 0 Å². The number of ether oxygens (including phenoxy) is 1. The van der Waals surface area contributed by atoms with E-state index >= 15 is 0 Å². The predicted molar refractivity (Wildman–Crippen MR) is 109 cm³/mol. The van der Waals surface area contributed by atoms with E-state index in [-0.39, 0.29) is 10.8 Å². The number of likely N-dealkylation sites (N-methyl/N-ethyl adjacent to an activating group) is 1. The van der Waals surface area contributed by atoms with E-state index < -0.39 is 21.8 Å². The first-order valence-electron chi connectivity index (χ1n) is 10.1. The molecule has 0 saturated carbocycles. The third-order valence-corrected chi connectivity index (χ3v) is 7.10. The maximum Gasteiger partial charge on any atom is 0.416 e. The van der Waals surface area contributed by atoms with Crippen molar-refractivity contribution in [3.8, 4) is 11.8 Å². The van der Waals surface area contributed by atoms with E-state index in [4.69, 9.17) is 4.74 Å². The van der Waals surface area contributed by atoms with Crippen LogP contribution in [0.1, 0.15) is 31.7 Å². The number of methoxy groups -OCH3 is 1. The highest BCUT2D eigenvalue weighted by atomic mass is 32.2. The second kappa shape index (κ2) is 11.1. The van der Waals surface area contributed by atoms with E-state index in [2.05, 4.69) is 23.7 Å². The maximum atomic E-state index is 12.7. The van der Waals surface area contributed by atoms with Crippen LogP contribution in [0, 0.1) is 17.8 Å². The Morgan fingerprint density at radius 3 is 2.33 bits per heavy atom. The molecule has 5 nitrogen and oxygen atoms in total. The van der Waals surface area contributed by atoms with Crippen LogP contribution in [0.2, 0.25) is 0 Å². The van der Waals surface area contributed by atoms with E-state index in [1.165, 1.54) is 4.31 Å². The number of benzene rings is 1. The van der Waals surface area contributed by atoms with Crippen LogP contribution >= 0.6 is 0 Å². The van der Waals surface area contributed by atoms with Crippen molar-refractivity contribution < 1.29 is 26.3 Å². The van der Waals surface area contributed by atoms with Crippen molar-refractivity contribution in [2.75, 3.05) is 46.4 Å². The molecule has 9 heteroatoms. The molecule has 30 heavy (non-hydrogen) atoms. The van der Waals surface area contributed by atoms with Crippen molar-refractivity contribution in [2.24, 2.45) is 5.92 Å². The Kier molecular flexibility index (Phi) is 9.16. The number of hydrogen-bond acceptors (Lipinski definition) is 4. The van der Waals surface area contributed by atoms with Crippen molar-refractivity contribution in [2.45, 2.75) is 37.3 Å². The van der Waals surface area contributed by atoms with E-state index in [0.717, 1.165) is 50.3 Å². The van der Waals surface area contributed by atoms with Gasteiger partial charge in [0.25, 0.3) is 0 Å². The summed E-state index contributed by atoms with van der Waals surface area (Å²) in [7, 11) is -2.12. The van der Waals surface area contributed by atoms with Crippen molar-refractivity contribution in [3.63, 3.8) is 0 Å². The van der Waals surface area contributed by atoms with Crippen LogP contribution in [0.15, 0.2) is 29.2 Å². The summed E-state index contributed by atoms with van der Waals surface area (Å²) >= 11 is 0. The van der Waals surface area contributed by atoms with Gasteiger partial charge in [-0.05, 0) is 43.7 Å². The fourth-order valence-corrected chi connectivity index (χ4v) is 4.75. The quantitative estimate of drug-likeness (QED) is 0.574. The topological polar surface area (TPSA) is 49.9 Å². The summed E-state index contributed by atoms with van der Waals surface area (Å²) in [6.45, 7) is 6.09. The van der Waals surface area contributed by atoms with Gasteiger partial charge in [-0.15, -0.1) is 5.92 Å². The van der Waals surface area contributed by atoms with Crippen molar-refractivity contribution in [1.82, 2.24) is 9.21 Å². The molecule has 0 unspecified atom stereocenters. The molecular formula is C21H29F3N2O3S. The zero-order chi connectivity index (χ0) is 22.2. The van der Waals surface area contributed by atoms with E-state index in [0.29, 0.717) is 32.5 Å². The molecular weight excluding hydrogens is 417 g/mol. The zero-order valence-corrected chi connectivity index (χ0v) is 18.2. The summed E-state index contributed by atoms with van der Waals surface area (Å²) in [4.78, 5) is 2.15. The average Bonchev–Trinajstić information content (AvgIpc) is 2.73. The Labute approximate surface area is 177 Å². The first kappa shape index (κ1) is 24.7. The number of hydrogen-bond donors (Lipinski definition) is 0. The van der Waals surface area contributed by atoms with Gasteiger partial charge < -0.3 is 9.64 Å². The van der Waals surface area contributed by atoms with Crippen LogP contribution in [0.25, 0.3) is 0 Å². The number of sulfonamides is 1. The Bertz CT molecular complexity index is 822. The fourth-order valence-electron chi connectivity index (χ4n) is 3.28. The lowest BCUT2D eigenvalue weighted by Crippen LogP contribution is -2.38. The second-order valence-corrected chi connectivity index (χ2v) is 9.14. The monoisotopic (exact) mass is 446 g/mol. The van der Waals surface area contributed by atoms with Crippen LogP contribution in [0.4, 0.5) is 13.2 Å². The van der Waals surface area contributed by atoms with Gasteiger partial charge in [0.1, 0.15) is 0 Å². The van der Waals surface area contributed by atoms with Crippen LogP contribution in [0.5, 0.6) is 0 Å². The summed E-state index contributed by atoms with van der Waals surface area (Å²) in [5.41, 5.74) is -0.862. The molecule has 2 rings (SSSR count). The molecule has 0 aromatic heterocycles. The lowest BCUT2D eigenvalue weighted by molar-refractivity contribution is -0.137. The standard InChI is InChI=1S/C21H29F3N2O3S/c1-3-25(16-17-29-2)13-5-4-6-18-11-14-26(15-12-18)30(27,28)20-9-7-19(8-10-20)21(22,23)24/h7-10,18H,3,5,11-17H2,1-2H3. The fraction of sp³-hybridized carbons (Fsp3) is 0.619. The third-order valence-electron chi connectivity index (χ3n) is 5.19. The van der Waals surface area contributed by atoms with E-state index in [1.54, 1.807) is 7.11 Å². The molecule has 0 amide bonds. The van der Waals surface area contributed by atoms with Gasteiger partial charge in [0, 0.05) is 45.6 Å². The SMILES string of the molecule is CCN(CCC#CC1CCN(S(=O)(=O)c2ccc(C(F)(F)F)cc2)CC1)CCOC. The minimum atomic E-state index is -4.49. The van der Waals surface area contributed by atoms with Crippen molar-refractivity contribution >= 4 is 10.0 Å². The van der Waals surface area contributed by atoms with Crippen LogP contribution in [-0.2, 0) is 20.9 Å². The molecule has 1 fully saturated rings. The van der Waals surface area contributed by atoms with Gasteiger partial charge in [-0.2, -0.15) is 17.5 Å². The highest BCUT2D eigenvalue weighted by molar-refractivity contribution is 7.89. The summed E-state index contributed by atoms with van der Waals surface area (Å²) in [5, 5.41) is 0. The maximum absolute atomic E-state index is 12.7. The van der Waals surface area contributed by atoms with Crippen LogP contribution < -0.4 is 0 Å². The second-order valence-electron chi connectivity index (χ2n) is 7.20. The highest BCUT2D eigenvalue weighted by Crippen LogP contribution is 2.30. The molecule has 0 aliphatic carbocycles. The molecule has 0 radical (unpaired) electrons. The van der Waals surface area contributed by atoms with Crippen LogP contribution in [-0.4, -0.2) is 64.1 Å². The lowest BCUT2D eigenvalue weighted by Gasteiger charge is -2.29. The minimum absolute atomic E-state index is 0.115. The number of halogens is 3. The number of alkyl halides is 3. The number of rotatable bonds is 8. The highest BCUT2D eigenvalue weighted by Gasteiger charge is 2.32. The summed E-state index contributed by atoms with van der Waals surface area (Å²) in [6.07, 6.45) is -2.50. The predicted octanol–water partition coefficient (Wildman–Crippen LogP) is 3.47. The summed E-state index contributed by atoms with van der Waals surface area (Å²) < 4.78 is 69.9. The Balaban J connectivity index is 1.86. The molecule has 0 bridgehead atoms. The zero-order valence-electron chi connectivity index (χ0n) is 17.4. The van der Waals surface area contributed by atoms with Gasteiger partial charge >= 0.3 is 6.18 Å². The molecule has 0 atom stereocenters. The Morgan fingerprint density at radius 1 is 1.17 bits per heavy atom. The summed E-state index contributed by atoms with van der Waals surface area (Å²) in [6, 6.07) is 3.65. The van der Waals surface area contributed by atoms with E-state index in [1.807, 2.05) is 0 Å². The van der Waals surface area contributed by atoms with Gasteiger partial charge in [-0.3, -0.25) is 0 Å². The molecule has 1 aliphatic heterocycles. The average molecular weight is 447 g/mol. The number of nitrogens with zero attached hydrogens (tertiary/aromatic N) is 2. The minimum Gasteiger partial charge on any atom is -0.383 e. The smallest absolute Gasteiger partial charge is 0.383 e. The summed E-state index contributed by atoms with van der Waals surface area (Å²) in [5.74, 6) is 6.57. The molecule has 1 aliphatic rings. The number of piperidine rings is 1. The Hall–Kier alpha value is -1.60. The molecule has 0 N–H and O–H groups in total. The first-order chi connectivity index (χ1) is 14.2. The normalized spacial score (nSPS) is 16.5. The largest absolute Gasteiger partial charge is 0.416 e. The van der Waals surface area contributed by atoms with Gasteiger partial charge in [-0.1, -0.05) is 12.8 Å². The van der Waals surface area contributed by atoms with Gasteiger partial charge in [0.15, 0.2) is 0 Å². The van der Waals surface area contributed by atoms with E-state index in [9.17, 15) is 21.6 Å². The molecule has 1 saturated heterocycles.